The number of nitrogens with zero attached hydrogens (tertiary/aromatic N) is 3. The molecule has 2 aromatic carbocycles. The number of H-pyrrole nitrogens is 1. The topological polar surface area (TPSA) is 52.2 Å². The third-order valence-corrected chi connectivity index (χ3v) is 5.69. The van der Waals surface area contributed by atoms with Crippen molar-refractivity contribution in [2.75, 3.05) is 26.2 Å². The van der Waals surface area contributed by atoms with Gasteiger partial charge in [-0.25, -0.2) is 9.37 Å². The van der Waals surface area contributed by atoms with Crippen LogP contribution in [-0.2, 0) is 12.7 Å². The van der Waals surface area contributed by atoms with Crippen LogP contribution in [0.25, 0.3) is 11.3 Å². The Bertz CT molecular complexity index is 1090. The van der Waals surface area contributed by atoms with Crippen LogP contribution in [0.2, 0.25) is 5.02 Å². The van der Waals surface area contributed by atoms with E-state index in [1.54, 1.807) is 36.4 Å². The van der Waals surface area contributed by atoms with Crippen molar-refractivity contribution in [1.82, 2.24) is 19.8 Å². The van der Waals surface area contributed by atoms with E-state index in [1.807, 2.05) is 4.90 Å². The highest BCUT2D eigenvalue weighted by atomic mass is 35.5. The van der Waals surface area contributed by atoms with Gasteiger partial charge in [0.2, 0.25) is 5.82 Å². The molecule has 0 radical (unpaired) electrons. The summed E-state index contributed by atoms with van der Waals surface area (Å²) >= 11 is 6.09. The molecule has 4 rings (SSSR count). The van der Waals surface area contributed by atoms with Crippen molar-refractivity contribution in [2.45, 2.75) is 12.7 Å². The van der Waals surface area contributed by atoms with Gasteiger partial charge in [-0.2, -0.15) is 13.2 Å². The highest BCUT2D eigenvalue weighted by Gasteiger charge is 2.38. The number of imidazole rings is 1. The summed E-state index contributed by atoms with van der Waals surface area (Å²) < 4.78 is 53.8. The molecule has 1 fully saturated rings. The Labute approximate surface area is 186 Å². The lowest BCUT2D eigenvalue weighted by Crippen LogP contribution is -2.48. The maximum atomic E-state index is 14.1. The molecule has 10 heteroatoms. The SMILES string of the molecule is O=C(c1[nH]c(C(F)(F)F)nc1-c1ccccc1)N1CCN(Cc2c(F)cccc2Cl)CC1. The minimum atomic E-state index is -4.71. The first-order valence-electron chi connectivity index (χ1n) is 9.91. The summed E-state index contributed by atoms with van der Waals surface area (Å²) in [5.74, 6) is -2.18. The Hall–Kier alpha value is -2.91. The second kappa shape index (κ2) is 8.91. The van der Waals surface area contributed by atoms with Crippen LogP contribution in [0.5, 0.6) is 0 Å². The summed E-state index contributed by atoms with van der Waals surface area (Å²) in [6.45, 7) is 1.69. The fourth-order valence-electron chi connectivity index (χ4n) is 3.64. The molecule has 168 valence electrons. The van der Waals surface area contributed by atoms with E-state index in [1.165, 1.54) is 17.0 Å². The summed E-state index contributed by atoms with van der Waals surface area (Å²) in [6.07, 6.45) is -4.71. The Balaban J connectivity index is 1.51. The summed E-state index contributed by atoms with van der Waals surface area (Å²) in [6, 6.07) is 12.7. The van der Waals surface area contributed by atoms with Crippen molar-refractivity contribution in [3.8, 4) is 11.3 Å². The largest absolute Gasteiger partial charge is 0.449 e. The number of carbonyl (C=O) groups excluding carboxylic acids is 1. The third-order valence-electron chi connectivity index (χ3n) is 5.34. The standard InChI is InChI=1S/C22H19ClF4N4O/c23-16-7-4-8-17(24)15(16)13-30-9-11-31(12-10-30)20(32)19-18(14-5-2-1-3-6-14)28-21(29-19)22(25,26)27/h1-8H,9-13H2,(H,28,29). The van der Waals surface area contributed by atoms with E-state index >= 15 is 0 Å². The molecule has 3 aromatic rings. The number of amides is 1. The van der Waals surface area contributed by atoms with Crippen molar-refractivity contribution in [3.63, 3.8) is 0 Å². The number of piperazine rings is 1. The number of carbonyl (C=O) groups is 1. The van der Waals surface area contributed by atoms with E-state index < -0.39 is 23.7 Å². The van der Waals surface area contributed by atoms with Crippen molar-refractivity contribution < 1.29 is 22.4 Å². The van der Waals surface area contributed by atoms with E-state index in [0.29, 0.717) is 29.2 Å². The number of halogens is 5. The maximum Gasteiger partial charge on any atom is 0.449 e. The molecule has 0 unspecified atom stereocenters. The molecule has 1 aromatic heterocycles. The third kappa shape index (κ3) is 4.63. The van der Waals surface area contributed by atoms with Crippen LogP contribution < -0.4 is 0 Å². The number of hydrogen-bond acceptors (Lipinski definition) is 3. The molecule has 0 bridgehead atoms. The molecule has 0 atom stereocenters. The van der Waals surface area contributed by atoms with Gasteiger partial charge in [0.25, 0.3) is 5.91 Å². The summed E-state index contributed by atoms with van der Waals surface area (Å²) in [5, 5.41) is 0.327. The zero-order chi connectivity index (χ0) is 22.9. The Morgan fingerprint density at radius 1 is 1.03 bits per heavy atom. The second-order valence-electron chi connectivity index (χ2n) is 7.44. The number of alkyl halides is 3. The van der Waals surface area contributed by atoms with Crippen LogP contribution >= 0.6 is 11.6 Å². The van der Waals surface area contributed by atoms with Gasteiger partial charge >= 0.3 is 6.18 Å². The molecule has 1 amide bonds. The van der Waals surface area contributed by atoms with Crippen molar-refractivity contribution >= 4 is 17.5 Å². The first-order valence-corrected chi connectivity index (χ1v) is 10.3. The monoisotopic (exact) mass is 466 g/mol. The quantitative estimate of drug-likeness (QED) is 0.559. The minimum Gasteiger partial charge on any atom is -0.335 e. The van der Waals surface area contributed by atoms with Crippen LogP contribution in [-0.4, -0.2) is 51.9 Å². The van der Waals surface area contributed by atoms with Gasteiger partial charge in [-0.3, -0.25) is 9.69 Å². The molecular formula is C22H19ClF4N4O. The molecule has 1 N–H and O–H groups in total. The molecule has 1 aliphatic heterocycles. The van der Waals surface area contributed by atoms with E-state index in [9.17, 15) is 22.4 Å². The van der Waals surface area contributed by atoms with Crippen LogP contribution in [0.15, 0.2) is 48.5 Å². The average Bonchev–Trinajstić information content (AvgIpc) is 3.23. The molecule has 5 nitrogen and oxygen atoms in total. The highest BCUT2D eigenvalue weighted by Crippen LogP contribution is 2.32. The molecule has 2 heterocycles. The first-order chi connectivity index (χ1) is 15.2. The predicted molar refractivity (Wildman–Crippen MR) is 112 cm³/mol. The molecule has 32 heavy (non-hydrogen) atoms. The average molecular weight is 467 g/mol. The van der Waals surface area contributed by atoms with Crippen molar-refractivity contribution in [1.29, 1.82) is 0 Å². The molecule has 1 saturated heterocycles. The summed E-state index contributed by atoms with van der Waals surface area (Å²) in [7, 11) is 0. The lowest BCUT2D eigenvalue weighted by atomic mass is 10.1. The zero-order valence-corrected chi connectivity index (χ0v) is 17.5. The van der Waals surface area contributed by atoms with E-state index in [2.05, 4.69) is 9.97 Å². The Kier molecular flexibility index (Phi) is 6.21. The number of benzene rings is 2. The van der Waals surface area contributed by atoms with Gasteiger partial charge in [0, 0.05) is 48.9 Å². The van der Waals surface area contributed by atoms with Crippen LogP contribution in [0.4, 0.5) is 17.6 Å². The Morgan fingerprint density at radius 2 is 1.72 bits per heavy atom. The molecule has 0 spiro atoms. The van der Waals surface area contributed by atoms with Crippen molar-refractivity contribution in [2.24, 2.45) is 0 Å². The van der Waals surface area contributed by atoms with Gasteiger partial charge in [0.05, 0.1) is 0 Å². The smallest absolute Gasteiger partial charge is 0.335 e. The predicted octanol–water partition coefficient (Wildman–Crippen LogP) is 4.85. The number of aromatic nitrogens is 2. The fraction of sp³-hybridized carbons (Fsp3) is 0.273. The number of hydrogen-bond donors (Lipinski definition) is 1. The maximum absolute atomic E-state index is 14.1. The van der Waals surface area contributed by atoms with Crippen LogP contribution in [0.3, 0.4) is 0 Å². The minimum absolute atomic E-state index is 0.0384. The molecule has 0 saturated carbocycles. The fourth-order valence-corrected chi connectivity index (χ4v) is 3.86. The summed E-state index contributed by atoms with van der Waals surface area (Å²) in [5.41, 5.74) is 0.553. The van der Waals surface area contributed by atoms with E-state index in [-0.39, 0.29) is 31.0 Å². The number of rotatable bonds is 4. The van der Waals surface area contributed by atoms with Gasteiger partial charge in [-0.1, -0.05) is 48.0 Å². The van der Waals surface area contributed by atoms with E-state index in [0.717, 1.165) is 0 Å². The highest BCUT2D eigenvalue weighted by molar-refractivity contribution is 6.31. The van der Waals surface area contributed by atoms with Crippen LogP contribution in [0, 0.1) is 5.82 Å². The Morgan fingerprint density at radius 3 is 2.34 bits per heavy atom. The first kappa shape index (κ1) is 22.3. The van der Waals surface area contributed by atoms with Gasteiger partial charge in [-0.15, -0.1) is 0 Å². The van der Waals surface area contributed by atoms with Gasteiger partial charge in [-0.05, 0) is 12.1 Å². The molecular weight excluding hydrogens is 448 g/mol. The van der Waals surface area contributed by atoms with E-state index in [4.69, 9.17) is 11.6 Å². The van der Waals surface area contributed by atoms with Crippen molar-refractivity contribution in [3.05, 3.63) is 76.5 Å². The second-order valence-corrected chi connectivity index (χ2v) is 7.85. The number of aromatic amines is 1. The molecule has 0 aliphatic carbocycles. The van der Waals surface area contributed by atoms with Crippen LogP contribution in [0.1, 0.15) is 21.9 Å². The normalized spacial score (nSPS) is 15.2. The summed E-state index contributed by atoms with van der Waals surface area (Å²) in [4.78, 5) is 22.3. The van der Waals surface area contributed by atoms with Gasteiger partial charge in [0.15, 0.2) is 0 Å². The number of nitrogens with one attached hydrogen (secondary N) is 1. The van der Waals surface area contributed by atoms with Gasteiger partial charge < -0.3 is 9.88 Å². The lowest BCUT2D eigenvalue weighted by molar-refractivity contribution is -0.144. The molecule has 1 aliphatic rings. The lowest BCUT2D eigenvalue weighted by Gasteiger charge is -2.34. The zero-order valence-electron chi connectivity index (χ0n) is 16.8. The van der Waals surface area contributed by atoms with Gasteiger partial charge in [0.1, 0.15) is 17.2 Å².